The molecule has 0 bridgehead atoms. The molecule has 0 aliphatic heterocycles. The Bertz CT molecular complexity index is 377. The molecule has 1 N–H and O–H groups in total. The first-order chi connectivity index (χ1) is 9.10. The summed E-state index contributed by atoms with van der Waals surface area (Å²) in [6, 6.07) is 8.87. The van der Waals surface area contributed by atoms with Crippen LogP contribution in [-0.4, -0.2) is 13.1 Å². The Labute approximate surface area is 126 Å². The molecule has 1 aromatic carbocycles. The van der Waals surface area contributed by atoms with Crippen molar-refractivity contribution in [2.75, 3.05) is 13.1 Å². The molecule has 19 heavy (non-hydrogen) atoms. The number of hydrogen-bond acceptors (Lipinski definition) is 1. The third kappa shape index (κ3) is 4.61. The van der Waals surface area contributed by atoms with Crippen LogP contribution in [-0.2, 0) is 6.42 Å². The van der Waals surface area contributed by atoms with E-state index in [4.69, 9.17) is 0 Å². The zero-order chi connectivity index (χ0) is 13.7. The number of halogens is 1. The monoisotopic (exact) mass is 323 g/mol. The van der Waals surface area contributed by atoms with Crippen molar-refractivity contribution in [1.82, 2.24) is 5.32 Å². The van der Waals surface area contributed by atoms with Crippen molar-refractivity contribution in [2.45, 2.75) is 46.0 Å². The molecule has 106 valence electrons. The fourth-order valence-corrected chi connectivity index (χ4v) is 3.47. The zero-order valence-corrected chi connectivity index (χ0v) is 13.8. The average Bonchev–Trinajstić information content (AvgIpc) is 2.81. The molecule has 0 atom stereocenters. The highest BCUT2D eigenvalue weighted by Crippen LogP contribution is 2.40. The number of hydrogen-bond donors (Lipinski definition) is 1. The smallest absolute Gasteiger partial charge is 0.0175 e. The predicted molar refractivity (Wildman–Crippen MR) is 86.5 cm³/mol. The molecular weight excluding hydrogens is 298 g/mol. The molecular formula is C17H26BrN. The van der Waals surface area contributed by atoms with E-state index >= 15 is 0 Å². The molecule has 1 nitrogen and oxygen atoms in total. The number of rotatable bonds is 6. The van der Waals surface area contributed by atoms with Crippen molar-refractivity contribution in [3.05, 3.63) is 34.3 Å². The third-order valence-electron chi connectivity index (χ3n) is 4.21. The molecule has 0 saturated heterocycles. The van der Waals surface area contributed by atoms with E-state index in [-0.39, 0.29) is 0 Å². The van der Waals surface area contributed by atoms with Crippen LogP contribution in [0.25, 0.3) is 0 Å². The van der Waals surface area contributed by atoms with Gasteiger partial charge in [0.2, 0.25) is 0 Å². The van der Waals surface area contributed by atoms with Crippen molar-refractivity contribution in [1.29, 1.82) is 0 Å². The summed E-state index contributed by atoms with van der Waals surface area (Å²) in [4.78, 5) is 0. The molecule has 0 unspecified atom stereocenters. The molecule has 1 aromatic rings. The molecule has 2 heteroatoms. The lowest BCUT2D eigenvalue weighted by molar-refractivity contribution is 0.273. The van der Waals surface area contributed by atoms with Gasteiger partial charge < -0.3 is 5.32 Å². The Hall–Kier alpha value is -0.340. The summed E-state index contributed by atoms with van der Waals surface area (Å²) in [7, 11) is 0. The van der Waals surface area contributed by atoms with Gasteiger partial charge in [0.15, 0.2) is 0 Å². The summed E-state index contributed by atoms with van der Waals surface area (Å²) in [6.07, 6.45) is 6.80. The molecule has 0 amide bonds. The van der Waals surface area contributed by atoms with Crippen molar-refractivity contribution in [3.8, 4) is 0 Å². The maximum atomic E-state index is 3.69. The van der Waals surface area contributed by atoms with E-state index in [1.807, 2.05) is 0 Å². The van der Waals surface area contributed by atoms with Gasteiger partial charge in [-0.3, -0.25) is 0 Å². The topological polar surface area (TPSA) is 12.0 Å². The van der Waals surface area contributed by atoms with Crippen molar-refractivity contribution < 1.29 is 0 Å². The highest BCUT2D eigenvalue weighted by molar-refractivity contribution is 9.10. The predicted octanol–water partition coefficient (Wildman–Crippen LogP) is 4.80. The van der Waals surface area contributed by atoms with Crippen LogP contribution in [0.2, 0.25) is 0 Å². The summed E-state index contributed by atoms with van der Waals surface area (Å²) >= 11 is 3.52. The standard InChI is InChI=1S/C17H26BrN/c1-14(2)12-19-13-17(9-3-4-10-17)11-15-5-7-16(18)8-6-15/h5-8,14,19H,3-4,9-13H2,1-2H3. The summed E-state index contributed by atoms with van der Waals surface area (Å²) in [5, 5.41) is 3.69. The van der Waals surface area contributed by atoms with Gasteiger partial charge in [-0.25, -0.2) is 0 Å². The summed E-state index contributed by atoms with van der Waals surface area (Å²) in [5.41, 5.74) is 1.99. The largest absolute Gasteiger partial charge is 0.316 e. The molecule has 0 spiro atoms. The van der Waals surface area contributed by atoms with Gasteiger partial charge in [-0.05, 0) is 54.8 Å². The zero-order valence-electron chi connectivity index (χ0n) is 12.2. The first-order valence-electron chi connectivity index (χ1n) is 7.55. The van der Waals surface area contributed by atoms with E-state index in [0.29, 0.717) is 5.41 Å². The number of nitrogens with one attached hydrogen (secondary N) is 1. The second-order valence-electron chi connectivity index (χ2n) is 6.54. The lowest BCUT2D eigenvalue weighted by Crippen LogP contribution is -2.35. The van der Waals surface area contributed by atoms with E-state index < -0.39 is 0 Å². The highest BCUT2D eigenvalue weighted by Gasteiger charge is 2.33. The lowest BCUT2D eigenvalue weighted by atomic mass is 9.80. The Morgan fingerprint density at radius 3 is 2.37 bits per heavy atom. The highest BCUT2D eigenvalue weighted by atomic mass is 79.9. The maximum absolute atomic E-state index is 3.69. The summed E-state index contributed by atoms with van der Waals surface area (Å²) in [5.74, 6) is 0.742. The van der Waals surface area contributed by atoms with Crippen LogP contribution < -0.4 is 5.32 Å². The lowest BCUT2D eigenvalue weighted by Gasteiger charge is -2.30. The van der Waals surface area contributed by atoms with Gasteiger partial charge in [-0.1, -0.05) is 54.8 Å². The van der Waals surface area contributed by atoms with E-state index in [2.05, 4.69) is 59.4 Å². The van der Waals surface area contributed by atoms with E-state index in [0.717, 1.165) is 12.5 Å². The second kappa shape index (κ2) is 6.90. The fourth-order valence-electron chi connectivity index (χ4n) is 3.20. The Morgan fingerprint density at radius 1 is 1.16 bits per heavy atom. The van der Waals surface area contributed by atoms with Crippen LogP contribution in [0.3, 0.4) is 0 Å². The average molecular weight is 324 g/mol. The van der Waals surface area contributed by atoms with Gasteiger partial charge in [-0.15, -0.1) is 0 Å². The Morgan fingerprint density at radius 2 is 1.79 bits per heavy atom. The minimum Gasteiger partial charge on any atom is -0.316 e. The quantitative estimate of drug-likeness (QED) is 0.793. The van der Waals surface area contributed by atoms with Gasteiger partial charge in [0.25, 0.3) is 0 Å². The third-order valence-corrected chi connectivity index (χ3v) is 4.74. The van der Waals surface area contributed by atoms with E-state index in [1.165, 1.54) is 48.7 Å². The summed E-state index contributed by atoms with van der Waals surface area (Å²) < 4.78 is 1.18. The maximum Gasteiger partial charge on any atom is 0.0175 e. The van der Waals surface area contributed by atoms with Crippen LogP contribution in [0.4, 0.5) is 0 Å². The van der Waals surface area contributed by atoms with Crippen molar-refractivity contribution in [2.24, 2.45) is 11.3 Å². The summed E-state index contributed by atoms with van der Waals surface area (Å²) in [6.45, 7) is 6.88. The Balaban J connectivity index is 1.96. The molecule has 1 saturated carbocycles. The van der Waals surface area contributed by atoms with Crippen LogP contribution in [0.15, 0.2) is 28.7 Å². The van der Waals surface area contributed by atoms with Gasteiger partial charge in [0.05, 0.1) is 0 Å². The normalized spacial score (nSPS) is 18.1. The minimum atomic E-state index is 0.503. The Kier molecular flexibility index (Phi) is 5.47. The van der Waals surface area contributed by atoms with Crippen LogP contribution in [0.1, 0.15) is 45.1 Å². The first-order valence-corrected chi connectivity index (χ1v) is 8.34. The number of benzene rings is 1. The van der Waals surface area contributed by atoms with Crippen molar-refractivity contribution >= 4 is 15.9 Å². The van der Waals surface area contributed by atoms with Gasteiger partial charge >= 0.3 is 0 Å². The van der Waals surface area contributed by atoms with Gasteiger partial charge in [-0.2, -0.15) is 0 Å². The molecule has 0 radical (unpaired) electrons. The molecule has 1 aliphatic rings. The molecule has 1 fully saturated rings. The SMILES string of the molecule is CC(C)CNCC1(Cc2ccc(Br)cc2)CCCC1. The van der Waals surface area contributed by atoms with Gasteiger partial charge in [0.1, 0.15) is 0 Å². The first kappa shape index (κ1) is 15.1. The molecule has 1 aliphatic carbocycles. The van der Waals surface area contributed by atoms with Crippen LogP contribution in [0, 0.1) is 11.3 Å². The molecule has 2 rings (SSSR count). The van der Waals surface area contributed by atoms with Gasteiger partial charge in [0, 0.05) is 11.0 Å². The fraction of sp³-hybridized carbons (Fsp3) is 0.647. The van der Waals surface area contributed by atoms with E-state index in [9.17, 15) is 0 Å². The molecule has 0 heterocycles. The van der Waals surface area contributed by atoms with Crippen LogP contribution >= 0.6 is 15.9 Å². The second-order valence-corrected chi connectivity index (χ2v) is 7.45. The van der Waals surface area contributed by atoms with Crippen LogP contribution in [0.5, 0.6) is 0 Å². The minimum absolute atomic E-state index is 0.503. The van der Waals surface area contributed by atoms with Crippen molar-refractivity contribution in [3.63, 3.8) is 0 Å². The molecule has 0 aromatic heterocycles. The van der Waals surface area contributed by atoms with E-state index in [1.54, 1.807) is 0 Å².